The number of carbonyl (C=O) groups excluding carboxylic acids is 1. The molecule has 0 aromatic carbocycles. The van der Waals surface area contributed by atoms with Crippen LogP contribution in [0.5, 0.6) is 0 Å². The summed E-state index contributed by atoms with van der Waals surface area (Å²) in [5.74, 6) is 0.318. The summed E-state index contributed by atoms with van der Waals surface area (Å²) >= 11 is 0. The molecule has 16 heavy (non-hydrogen) atoms. The van der Waals surface area contributed by atoms with Crippen LogP contribution < -0.4 is 5.32 Å². The molecule has 2 aliphatic rings. The van der Waals surface area contributed by atoms with Gasteiger partial charge >= 0.3 is 0 Å². The van der Waals surface area contributed by atoms with Gasteiger partial charge in [0.1, 0.15) is 0 Å². The number of amides is 1. The molecule has 0 aliphatic carbocycles. The van der Waals surface area contributed by atoms with Crippen LogP contribution in [0.4, 0.5) is 0 Å². The van der Waals surface area contributed by atoms with E-state index in [1.165, 1.54) is 6.42 Å². The predicted molar refractivity (Wildman–Crippen MR) is 62.2 cm³/mol. The van der Waals surface area contributed by atoms with Crippen molar-refractivity contribution < 1.29 is 9.53 Å². The van der Waals surface area contributed by atoms with Crippen LogP contribution in [0.2, 0.25) is 0 Å². The molecular formula is C12H22N2O2. The zero-order valence-corrected chi connectivity index (χ0v) is 10.2. The monoisotopic (exact) mass is 226 g/mol. The third-order valence-corrected chi connectivity index (χ3v) is 3.90. The average Bonchev–Trinajstić information content (AvgIpc) is 2.96. The molecule has 3 unspecified atom stereocenters. The molecule has 1 amide bonds. The van der Waals surface area contributed by atoms with Gasteiger partial charge in [0, 0.05) is 18.6 Å². The first-order chi connectivity index (χ1) is 7.77. The highest BCUT2D eigenvalue weighted by Crippen LogP contribution is 2.25. The molecule has 4 heteroatoms. The fourth-order valence-electron chi connectivity index (χ4n) is 2.85. The molecule has 2 aliphatic heterocycles. The predicted octanol–water partition coefficient (Wildman–Crippen LogP) is 0.622. The molecule has 0 bridgehead atoms. The molecule has 2 heterocycles. The highest BCUT2D eigenvalue weighted by atomic mass is 16.5. The first-order valence-corrected chi connectivity index (χ1v) is 6.33. The van der Waals surface area contributed by atoms with E-state index in [0.717, 1.165) is 19.4 Å². The fourth-order valence-corrected chi connectivity index (χ4v) is 2.85. The zero-order valence-electron chi connectivity index (χ0n) is 10.2. The highest BCUT2D eigenvalue weighted by Gasteiger charge is 2.38. The Morgan fingerprint density at radius 1 is 1.50 bits per heavy atom. The minimum absolute atomic E-state index is 0.0251. The van der Waals surface area contributed by atoms with Crippen LogP contribution in [-0.2, 0) is 9.53 Å². The van der Waals surface area contributed by atoms with E-state index in [4.69, 9.17) is 4.74 Å². The number of hydrogen-bond acceptors (Lipinski definition) is 3. The Balaban J connectivity index is 2.00. The van der Waals surface area contributed by atoms with Crippen LogP contribution in [-0.4, -0.2) is 49.7 Å². The molecule has 0 aromatic rings. The van der Waals surface area contributed by atoms with Crippen molar-refractivity contribution in [1.29, 1.82) is 0 Å². The van der Waals surface area contributed by atoms with Crippen molar-refractivity contribution in [3.8, 4) is 0 Å². The second kappa shape index (κ2) is 5.15. The third kappa shape index (κ3) is 2.09. The molecular weight excluding hydrogens is 204 g/mol. The molecule has 2 rings (SSSR count). The van der Waals surface area contributed by atoms with Crippen molar-refractivity contribution >= 4 is 5.91 Å². The van der Waals surface area contributed by atoms with Crippen LogP contribution in [0, 0.1) is 5.92 Å². The molecule has 92 valence electrons. The van der Waals surface area contributed by atoms with E-state index >= 15 is 0 Å². The number of rotatable bonds is 3. The second-order valence-corrected chi connectivity index (χ2v) is 4.78. The first kappa shape index (κ1) is 11.9. The van der Waals surface area contributed by atoms with Crippen LogP contribution in [0.3, 0.4) is 0 Å². The van der Waals surface area contributed by atoms with E-state index in [2.05, 4.69) is 17.1 Å². The molecule has 0 spiro atoms. The summed E-state index contributed by atoms with van der Waals surface area (Å²) in [6.45, 7) is 4.34. The topological polar surface area (TPSA) is 41.6 Å². The molecule has 2 saturated heterocycles. The number of likely N-dealkylation sites (tertiary alicyclic amines) is 1. The van der Waals surface area contributed by atoms with E-state index in [0.29, 0.717) is 25.2 Å². The number of nitrogens with zero attached hydrogens (tertiary/aromatic N) is 1. The lowest BCUT2D eigenvalue weighted by Crippen LogP contribution is -2.46. The Kier molecular flexibility index (Phi) is 3.82. The van der Waals surface area contributed by atoms with Gasteiger partial charge in [-0.25, -0.2) is 0 Å². The molecule has 0 aromatic heterocycles. The van der Waals surface area contributed by atoms with Gasteiger partial charge in [-0.1, -0.05) is 6.92 Å². The Bertz CT molecular complexity index is 233. The molecule has 1 N–H and O–H groups in total. The highest BCUT2D eigenvalue weighted by molar-refractivity contribution is 5.80. The Morgan fingerprint density at radius 2 is 2.31 bits per heavy atom. The maximum absolute atomic E-state index is 12.4. The SMILES string of the molecule is CCC1CCCN1C(=O)C1COCC1NC. The molecule has 2 fully saturated rings. The van der Waals surface area contributed by atoms with Gasteiger partial charge in [-0.05, 0) is 26.3 Å². The van der Waals surface area contributed by atoms with Gasteiger partial charge in [-0.15, -0.1) is 0 Å². The quantitative estimate of drug-likeness (QED) is 0.767. The summed E-state index contributed by atoms with van der Waals surface area (Å²) in [4.78, 5) is 14.5. The lowest BCUT2D eigenvalue weighted by Gasteiger charge is -2.28. The van der Waals surface area contributed by atoms with Gasteiger partial charge in [0.05, 0.1) is 19.1 Å². The van der Waals surface area contributed by atoms with Crippen LogP contribution >= 0.6 is 0 Å². The number of ether oxygens (including phenoxy) is 1. The normalized spacial score (nSPS) is 34.6. The van der Waals surface area contributed by atoms with Gasteiger partial charge < -0.3 is 15.0 Å². The Hall–Kier alpha value is -0.610. The number of carbonyl (C=O) groups is 1. The lowest BCUT2D eigenvalue weighted by molar-refractivity contribution is -0.136. The number of hydrogen-bond donors (Lipinski definition) is 1. The van der Waals surface area contributed by atoms with Crippen molar-refractivity contribution in [3.63, 3.8) is 0 Å². The first-order valence-electron chi connectivity index (χ1n) is 6.33. The summed E-state index contributed by atoms with van der Waals surface area (Å²) in [6.07, 6.45) is 3.39. The standard InChI is InChI=1S/C12H22N2O2/c1-3-9-5-4-6-14(9)12(15)10-7-16-8-11(10)13-2/h9-11,13H,3-8H2,1-2H3. The molecule has 4 nitrogen and oxygen atoms in total. The summed E-state index contributed by atoms with van der Waals surface area (Å²) < 4.78 is 5.40. The molecule has 3 atom stereocenters. The van der Waals surface area contributed by atoms with E-state index in [1.807, 2.05) is 7.05 Å². The summed E-state index contributed by atoms with van der Waals surface area (Å²) in [5.41, 5.74) is 0. The van der Waals surface area contributed by atoms with E-state index < -0.39 is 0 Å². The summed E-state index contributed by atoms with van der Waals surface area (Å²) in [6, 6.07) is 0.663. The Morgan fingerprint density at radius 3 is 3.00 bits per heavy atom. The van der Waals surface area contributed by atoms with Crippen LogP contribution in [0.15, 0.2) is 0 Å². The third-order valence-electron chi connectivity index (χ3n) is 3.90. The van der Waals surface area contributed by atoms with E-state index in [9.17, 15) is 4.79 Å². The van der Waals surface area contributed by atoms with Crippen LogP contribution in [0.1, 0.15) is 26.2 Å². The van der Waals surface area contributed by atoms with Gasteiger partial charge in [-0.3, -0.25) is 4.79 Å². The van der Waals surface area contributed by atoms with Crippen molar-refractivity contribution in [2.24, 2.45) is 5.92 Å². The van der Waals surface area contributed by atoms with Crippen molar-refractivity contribution in [1.82, 2.24) is 10.2 Å². The number of likely N-dealkylation sites (N-methyl/N-ethyl adjacent to an activating group) is 1. The fraction of sp³-hybridized carbons (Fsp3) is 0.917. The maximum atomic E-state index is 12.4. The molecule has 0 saturated carbocycles. The Labute approximate surface area is 97.3 Å². The zero-order chi connectivity index (χ0) is 11.5. The van der Waals surface area contributed by atoms with Gasteiger partial charge in [0.15, 0.2) is 0 Å². The largest absolute Gasteiger partial charge is 0.379 e. The lowest BCUT2D eigenvalue weighted by atomic mass is 10.0. The van der Waals surface area contributed by atoms with Gasteiger partial charge in [0.2, 0.25) is 5.91 Å². The second-order valence-electron chi connectivity index (χ2n) is 4.78. The minimum Gasteiger partial charge on any atom is -0.379 e. The van der Waals surface area contributed by atoms with Crippen molar-refractivity contribution in [3.05, 3.63) is 0 Å². The molecule has 0 radical (unpaired) electrons. The summed E-state index contributed by atoms with van der Waals surface area (Å²) in [5, 5.41) is 3.18. The van der Waals surface area contributed by atoms with Gasteiger partial charge in [-0.2, -0.15) is 0 Å². The van der Waals surface area contributed by atoms with Gasteiger partial charge in [0.25, 0.3) is 0 Å². The smallest absolute Gasteiger partial charge is 0.229 e. The van der Waals surface area contributed by atoms with Crippen molar-refractivity contribution in [2.75, 3.05) is 26.8 Å². The van der Waals surface area contributed by atoms with Crippen LogP contribution in [0.25, 0.3) is 0 Å². The van der Waals surface area contributed by atoms with E-state index in [-0.39, 0.29) is 12.0 Å². The minimum atomic E-state index is 0.0251. The van der Waals surface area contributed by atoms with Crippen molar-refractivity contribution in [2.45, 2.75) is 38.3 Å². The number of nitrogens with one attached hydrogen (secondary N) is 1. The average molecular weight is 226 g/mol. The van der Waals surface area contributed by atoms with E-state index in [1.54, 1.807) is 0 Å². The maximum Gasteiger partial charge on any atom is 0.229 e. The summed E-state index contributed by atoms with van der Waals surface area (Å²) in [7, 11) is 1.90.